The number of thioether (sulfide) groups is 1. The molecule has 0 amide bonds. The first kappa shape index (κ1) is 15.7. The monoisotopic (exact) mass is 290 g/mol. The average Bonchev–Trinajstić information content (AvgIpc) is 2.83. The SMILES string of the molecule is CCC(N)(CO)CCCSc1nnc(N(C)C)s1. The summed E-state index contributed by atoms with van der Waals surface area (Å²) in [5, 5.41) is 18.3. The van der Waals surface area contributed by atoms with Crippen LogP contribution < -0.4 is 10.6 Å². The predicted molar refractivity (Wildman–Crippen MR) is 78.5 cm³/mol. The van der Waals surface area contributed by atoms with Crippen LogP contribution in [0.3, 0.4) is 0 Å². The Morgan fingerprint density at radius 3 is 2.67 bits per heavy atom. The van der Waals surface area contributed by atoms with Crippen molar-refractivity contribution < 1.29 is 5.11 Å². The molecule has 1 unspecified atom stereocenters. The Kier molecular flexibility index (Phi) is 6.34. The van der Waals surface area contributed by atoms with Crippen LogP contribution in [-0.2, 0) is 0 Å². The number of rotatable bonds is 8. The van der Waals surface area contributed by atoms with Gasteiger partial charge in [-0.25, -0.2) is 0 Å². The molecule has 0 saturated heterocycles. The maximum absolute atomic E-state index is 9.21. The Hall–Kier alpha value is -0.370. The molecule has 1 aromatic heterocycles. The Morgan fingerprint density at radius 2 is 2.17 bits per heavy atom. The van der Waals surface area contributed by atoms with Gasteiger partial charge in [0, 0.05) is 25.4 Å². The average molecular weight is 290 g/mol. The fourth-order valence-corrected chi connectivity index (χ4v) is 3.17. The summed E-state index contributed by atoms with van der Waals surface area (Å²) in [4.78, 5) is 1.95. The van der Waals surface area contributed by atoms with Crippen LogP contribution in [0, 0.1) is 0 Å². The van der Waals surface area contributed by atoms with Gasteiger partial charge in [-0.1, -0.05) is 30.0 Å². The standard InChI is InChI=1S/C11H22N4OS2/c1-4-11(12,8-16)6-5-7-17-10-14-13-9(18-10)15(2)3/h16H,4-8,12H2,1-3H3. The molecule has 5 nitrogen and oxygen atoms in total. The van der Waals surface area contributed by atoms with Crippen LogP contribution in [0.15, 0.2) is 4.34 Å². The van der Waals surface area contributed by atoms with E-state index in [2.05, 4.69) is 10.2 Å². The van der Waals surface area contributed by atoms with Gasteiger partial charge in [-0.05, 0) is 19.3 Å². The Bertz CT molecular complexity index is 353. The van der Waals surface area contributed by atoms with Gasteiger partial charge in [-0.15, -0.1) is 10.2 Å². The number of aliphatic hydroxyl groups excluding tert-OH is 1. The molecule has 1 heterocycles. The molecule has 0 fully saturated rings. The molecule has 0 aliphatic heterocycles. The van der Waals surface area contributed by atoms with Crippen molar-refractivity contribution in [3.8, 4) is 0 Å². The summed E-state index contributed by atoms with van der Waals surface area (Å²) in [5.41, 5.74) is 5.61. The van der Waals surface area contributed by atoms with Gasteiger partial charge < -0.3 is 15.7 Å². The van der Waals surface area contributed by atoms with Crippen molar-refractivity contribution in [2.24, 2.45) is 5.73 Å². The third kappa shape index (κ3) is 4.72. The zero-order valence-corrected chi connectivity index (χ0v) is 12.9. The first-order valence-electron chi connectivity index (χ1n) is 6.04. The van der Waals surface area contributed by atoms with Gasteiger partial charge >= 0.3 is 0 Å². The smallest absolute Gasteiger partial charge is 0.208 e. The molecule has 1 rings (SSSR count). The van der Waals surface area contributed by atoms with E-state index in [1.54, 1.807) is 23.1 Å². The van der Waals surface area contributed by atoms with E-state index in [1.807, 2.05) is 25.9 Å². The first-order valence-corrected chi connectivity index (χ1v) is 7.84. The minimum Gasteiger partial charge on any atom is -0.394 e. The molecule has 0 aliphatic carbocycles. The van der Waals surface area contributed by atoms with E-state index in [0.29, 0.717) is 0 Å². The lowest BCUT2D eigenvalue weighted by atomic mass is 9.93. The van der Waals surface area contributed by atoms with E-state index in [-0.39, 0.29) is 6.61 Å². The third-order valence-corrected chi connectivity index (χ3v) is 5.15. The Morgan fingerprint density at radius 1 is 1.44 bits per heavy atom. The quantitative estimate of drug-likeness (QED) is 0.559. The molecule has 3 N–H and O–H groups in total. The van der Waals surface area contributed by atoms with E-state index in [0.717, 1.165) is 34.5 Å². The van der Waals surface area contributed by atoms with Crippen molar-refractivity contribution in [1.82, 2.24) is 10.2 Å². The number of nitrogens with two attached hydrogens (primary N) is 1. The van der Waals surface area contributed by atoms with Crippen molar-refractivity contribution >= 4 is 28.2 Å². The molecule has 7 heteroatoms. The molecule has 0 aromatic carbocycles. The zero-order chi connectivity index (χ0) is 13.6. The van der Waals surface area contributed by atoms with Crippen LogP contribution in [0.5, 0.6) is 0 Å². The maximum Gasteiger partial charge on any atom is 0.208 e. The van der Waals surface area contributed by atoms with Crippen LogP contribution in [0.4, 0.5) is 5.13 Å². The number of aromatic nitrogens is 2. The topological polar surface area (TPSA) is 75.3 Å². The second kappa shape index (κ2) is 7.28. The molecule has 0 radical (unpaired) electrons. The Labute approximate surface area is 117 Å². The van der Waals surface area contributed by atoms with Gasteiger partial charge in [0.1, 0.15) is 0 Å². The van der Waals surface area contributed by atoms with Gasteiger partial charge in [0.2, 0.25) is 5.13 Å². The van der Waals surface area contributed by atoms with Crippen molar-refractivity contribution in [2.45, 2.75) is 36.1 Å². The molecule has 0 spiro atoms. The van der Waals surface area contributed by atoms with E-state index >= 15 is 0 Å². The van der Waals surface area contributed by atoms with Gasteiger partial charge in [0.05, 0.1) is 6.61 Å². The lowest BCUT2D eigenvalue weighted by Crippen LogP contribution is -2.42. The minimum absolute atomic E-state index is 0.0533. The van der Waals surface area contributed by atoms with Crippen molar-refractivity contribution in [3.63, 3.8) is 0 Å². The number of aliphatic hydroxyl groups is 1. The fourth-order valence-electron chi connectivity index (χ4n) is 1.39. The van der Waals surface area contributed by atoms with Crippen molar-refractivity contribution in [1.29, 1.82) is 0 Å². The van der Waals surface area contributed by atoms with E-state index < -0.39 is 5.54 Å². The molecule has 0 bridgehead atoms. The summed E-state index contributed by atoms with van der Waals surface area (Å²) in [7, 11) is 3.92. The highest BCUT2D eigenvalue weighted by Gasteiger charge is 2.20. The molecule has 1 aromatic rings. The summed E-state index contributed by atoms with van der Waals surface area (Å²) in [6.45, 7) is 2.06. The van der Waals surface area contributed by atoms with Crippen LogP contribution in [0.2, 0.25) is 0 Å². The lowest BCUT2D eigenvalue weighted by Gasteiger charge is -2.25. The largest absolute Gasteiger partial charge is 0.394 e. The molecule has 1 atom stereocenters. The minimum atomic E-state index is -0.420. The van der Waals surface area contributed by atoms with Crippen LogP contribution in [-0.4, -0.2) is 47.3 Å². The summed E-state index contributed by atoms with van der Waals surface area (Å²) in [5.74, 6) is 0.959. The maximum atomic E-state index is 9.21. The van der Waals surface area contributed by atoms with Crippen LogP contribution >= 0.6 is 23.1 Å². The molecular formula is C11H22N4OS2. The van der Waals surface area contributed by atoms with Crippen LogP contribution in [0.1, 0.15) is 26.2 Å². The number of hydrogen-bond donors (Lipinski definition) is 2. The van der Waals surface area contributed by atoms with E-state index in [9.17, 15) is 5.11 Å². The van der Waals surface area contributed by atoms with Crippen LogP contribution in [0.25, 0.3) is 0 Å². The summed E-state index contributed by atoms with van der Waals surface area (Å²) in [6.07, 6.45) is 2.62. The summed E-state index contributed by atoms with van der Waals surface area (Å²) < 4.78 is 0.988. The van der Waals surface area contributed by atoms with E-state index in [4.69, 9.17) is 5.73 Å². The highest BCUT2D eigenvalue weighted by molar-refractivity contribution is 8.01. The second-order valence-corrected chi connectivity index (χ2v) is 6.87. The lowest BCUT2D eigenvalue weighted by molar-refractivity contribution is 0.182. The highest BCUT2D eigenvalue weighted by atomic mass is 32.2. The normalized spacial score (nSPS) is 14.5. The zero-order valence-electron chi connectivity index (χ0n) is 11.2. The van der Waals surface area contributed by atoms with Gasteiger partial charge in [-0.2, -0.15) is 0 Å². The summed E-state index contributed by atoms with van der Waals surface area (Å²) >= 11 is 3.30. The van der Waals surface area contributed by atoms with Gasteiger partial charge in [0.15, 0.2) is 4.34 Å². The fraction of sp³-hybridized carbons (Fsp3) is 0.818. The molecule has 0 saturated carbocycles. The number of anilines is 1. The molecule has 104 valence electrons. The van der Waals surface area contributed by atoms with Crippen molar-refractivity contribution in [3.05, 3.63) is 0 Å². The predicted octanol–water partition coefficient (Wildman–Crippen LogP) is 1.58. The van der Waals surface area contributed by atoms with Crippen molar-refractivity contribution in [2.75, 3.05) is 31.4 Å². The van der Waals surface area contributed by atoms with E-state index in [1.165, 1.54) is 0 Å². The molecule has 0 aliphatic rings. The first-order chi connectivity index (χ1) is 8.50. The number of nitrogens with zero attached hydrogens (tertiary/aromatic N) is 3. The Balaban J connectivity index is 2.29. The molecule has 18 heavy (non-hydrogen) atoms. The van der Waals surface area contributed by atoms with Gasteiger partial charge in [0.25, 0.3) is 0 Å². The van der Waals surface area contributed by atoms with Gasteiger partial charge in [-0.3, -0.25) is 0 Å². The number of hydrogen-bond acceptors (Lipinski definition) is 7. The summed E-state index contributed by atoms with van der Waals surface area (Å²) in [6, 6.07) is 0. The highest BCUT2D eigenvalue weighted by Crippen LogP contribution is 2.28. The second-order valence-electron chi connectivity index (χ2n) is 4.57. The molecular weight excluding hydrogens is 268 g/mol. The third-order valence-electron chi connectivity index (χ3n) is 2.84.